The molecule has 0 aliphatic rings. The Hall–Kier alpha value is -5.76. The van der Waals surface area contributed by atoms with Crippen molar-refractivity contribution in [1.82, 2.24) is 0 Å². The number of ether oxygens (including phenoxy) is 2. The quantitative estimate of drug-likeness (QED) is 0.0878. The van der Waals surface area contributed by atoms with Crippen molar-refractivity contribution in [3.8, 4) is 23.0 Å². The fraction of sp³-hybridized carbons (Fsp3) is 0.333. The lowest BCUT2D eigenvalue weighted by Gasteiger charge is -2.16. The lowest BCUT2D eigenvalue weighted by molar-refractivity contribution is 0.0681. The number of aromatic carboxylic acids is 2. The van der Waals surface area contributed by atoms with E-state index < -0.39 is 11.9 Å². The second kappa shape index (κ2) is 22.0. The van der Waals surface area contributed by atoms with Crippen LogP contribution in [0.15, 0.2) is 103 Å². The number of hydrogen-bond acceptors (Lipinski definition) is 6. The summed E-state index contributed by atoms with van der Waals surface area (Å²) in [6.45, 7) is 17.2. The van der Waals surface area contributed by atoms with E-state index in [2.05, 4.69) is 90.1 Å². The SMILES string of the molecule is CCC(C)c1ccc(COc2cc(C)c(O)c(C(=O)O)c2)cc1.CCC(C)c1ccccc1.CCC(C)c1ccccc1COc1cc(C)c(O)c(C(=O)O)c1. The average Bonchev–Trinajstić information content (AvgIpc) is 3.21. The summed E-state index contributed by atoms with van der Waals surface area (Å²) in [5.41, 5.74) is 6.76. The van der Waals surface area contributed by atoms with Crippen LogP contribution in [0.3, 0.4) is 0 Å². The highest BCUT2D eigenvalue weighted by Crippen LogP contribution is 2.31. The van der Waals surface area contributed by atoms with Crippen LogP contribution in [0.4, 0.5) is 0 Å². The third kappa shape index (κ3) is 12.9. The summed E-state index contributed by atoms with van der Waals surface area (Å²) in [6, 6.07) is 32.9. The Kier molecular flexibility index (Phi) is 17.5. The molecule has 3 atom stereocenters. The standard InChI is InChI=1S/2C19H22O4.C10H14/c1-4-12(2)15-7-5-14(6-8-15)11-23-16-9-13(3)18(20)17(10-16)19(21)22;1-4-12(2)16-8-6-5-7-14(16)11-23-15-9-13(3)18(20)17(10-15)19(21)22;1-3-9(2)10-7-5-4-6-8-10/h2*5-10,12,20H,4,11H2,1-3H3,(H,21,22);4-9H,3H2,1-2H3. The Morgan fingerprint density at radius 2 is 0.982 bits per heavy atom. The first-order valence-corrected chi connectivity index (χ1v) is 19.3. The molecule has 0 aromatic heterocycles. The van der Waals surface area contributed by atoms with E-state index in [1.165, 1.54) is 35.2 Å². The van der Waals surface area contributed by atoms with Crippen LogP contribution in [0.1, 0.15) is 138 Å². The molecule has 5 rings (SSSR count). The maximum absolute atomic E-state index is 11.2. The van der Waals surface area contributed by atoms with Crippen molar-refractivity contribution in [1.29, 1.82) is 0 Å². The summed E-state index contributed by atoms with van der Waals surface area (Å²) in [6.07, 6.45) is 3.36. The van der Waals surface area contributed by atoms with Gasteiger partial charge in [-0.3, -0.25) is 0 Å². The fourth-order valence-corrected chi connectivity index (χ4v) is 5.88. The van der Waals surface area contributed by atoms with E-state index in [1.807, 2.05) is 30.3 Å². The first-order chi connectivity index (χ1) is 26.7. The number of rotatable bonds is 14. The van der Waals surface area contributed by atoms with Gasteiger partial charge in [0.1, 0.15) is 47.3 Å². The van der Waals surface area contributed by atoms with Gasteiger partial charge in [0.05, 0.1) is 0 Å². The van der Waals surface area contributed by atoms with Gasteiger partial charge in [-0.05, 0) is 114 Å². The summed E-state index contributed by atoms with van der Waals surface area (Å²) in [4.78, 5) is 22.3. The molecule has 0 bridgehead atoms. The Bertz CT molecular complexity index is 2000. The van der Waals surface area contributed by atoms with Crippen LogP contribution < -0.4 is 9.47 Å². The van der Waals surface area contributed by atoms with Crippen molar-refractivity contribution in [2.75, 3.05) is 0 Å². The first-order valence-electron chi connectivity index (χ1n) is 19.3. The lowest BCUT2D eigenvalue weighted by atomic mass is 9.94. The van der Waals surface area contributed by atoms with E-state index in [1.54, 1.807) is 26.0 Å². The van der Waals surface area contributed by atoms with Crippen LogP contribution in [0.2, 0.25) is 0 Å². The maximum atomic E-state index is 11.2. The van der Waals surface area contributed by atoms with Gasteiger partial charge >= 0.3 is 11.9 Å². The van der Waals surface area contributed by atoms with Crippen molar-refractivity contribution in [2.24, 2.45) is 0 Å². The zero-order chi connectivity index (χ0) is 41.4. The molecule has 0 radical (unpaired) electrons. The fourth-order valence-electron chi connectivity index (χ4n) is 5.88. The normalized spacial score (nSPS) is 12.1. The van der Waals surface area contributed by atoms with Crippen molar-refractivity contribution < 1.29 is 39.5 Å². The first kappa shape index (κ1) is 44.6. The Morgan fingerprint density at radius 3 is 1.45 bits per heavy atom. The molecule has 0 heterocycles. The second-order valence-corrected chi connectivity index (χ2v) is 14.2. The van der Waals surface area contributed by atoms with Crippen LogP contribution in [-0.4, -0.2) is 32.4 Å². The van der Waals surface area contributed by atoms with Crippen LogP contribution >= 0.6 is 0 Å². The topological polar surface area (TPSA) is 134 Å². The van der Waals surface area contributed by atoms with E-state index >= 15 is 0 Å². The Balaban J connectivity index is 0.000000242. The average molecular weight is 763 g/mol. The Labute approximate surface area is 332 Å². The van der Waals surface area contributed by atoms with Crippen LogP contribution in [0.25, 0.3) is 0 Å². The molecule has 8 nitrogen and oxygen atoms in total. The third-order valence-electron chi connectivity index (χ3n) is 10.1. The number of hydrogen-bond donors (Lipinski definition) is 4. The van der Waals surface area contributed by atoms with E-state index in [4.69, 9.17) is 19.7 Å². The number of aromatic hydroxyl groups is 2. The van der Waals surface area contributed by atoms with Gasteiger partial charge in [-0.2, -0.15) is 0 Å². The molecule has 0 spiro atoms. The zero-order valence-corrected chi connectivity index (χ0v) is 34.0. The number of benzene rings is 5. The number of carboxylic acids is 2. The number of carboxylic acid groups (broad SMARTS) is 2. The van der Waals surface area contributed by atoms with E-state index in [-0.39, 0.29) is 22.6 Å². The molecule has 4 N–H and O–H groups in total. The number of aryl methyl sites for hydroxylation is 2. The predicted octanol–water partition coefficient (Wildman–Crippen LogP) is 12.2. The van der Waals surface area contributed by atoms with Crippen LogP contribution in [-0.2, 0) is 13.2 Å². The van der Waals surface area contributed by atoms with Crippen molar-refractivity contribution in [3.63, 3.8) is 0 Å². The highest BCUT2D eigenvalue weighted by Gasteiger charge is 2.16. The zero-order valence-electron chi connectivity index (χ0n) is 34.0. The van der Waals surface area contributed by atoms with E-state index in [9.17, 15) is 19.8 Å². The van der Waals surface area contributed by atoms with Crippen LogP contribution in [0.5, 0.6) is 23.0 Å². The van der Waals surface area contributed by atoms with Gasteiger partial charge in [-0.15, -0.1) is 0 Å². The smallest absolute Gasteiger partial charge is 0.339 e. The molecule has 3 unspecified atom stereocenters. The summed E-state index contributed by atoms with van der Waals surface area (Å²) in [5.74, 6) is -0.229. The molecule has 0 fully saturated rings. The summed E-state index contributed by atoms with van der Waals surface area (Å²) < 4.78 is 11.5. The van der Waals surface area contributed by atoms with Crippen LogP contribution in [0, 0.1) is 13.8 Å². The second-order valence-electron chi connectivity index (χ2n) is 14.2. The summed E-state index contributed by atoms with van der Waals surface area (Å²) in [5, 5.41) is 37.8. The van der Waals surface area contributed by atoms with Gasteiger partial charge in [-0.1, -0.05) is 120 Å². The molecule has 5 aromatic rings. The molecular weight excluding hydrogens is 705 g/mol. The third-order valence-corrected chi connectivity index (χ3v) is 10.1. The minimum atomic E-state index is -1.17. The van der Waals surface area contributed by atoms with Gasteiger partial charge in [0.15, 0.2) is 0 Å². The predicted molar refractivity (Wildman–Crippen MR) is 224 cm³/mol. The van der Waals surface area contributed by atoms with Crippen molar-refractivity contribution in [2.45, 2.75) is 106 Å². The molecule has 298 valence electrons. The summed E-state index contributed by atoms with van der Waals surface area (Å²) in [7, 11) is 0. The molecule has 0 aliphatic heterocycles. The summed E-state index contributed by atoms with van der Waals surface area (Å²) >= 11 is 0. The molecule has 0 aliphatic carbocycles. The molecule has 56 heavy (non-hydrogen) atoms. The monoisotopic (exact) mass is 762 g/mol. The lowest BCUT2D eigenvalue weighted by Crippen LogP contribution is -2.04. The highest BCUT2D eigenvalue weighted by atomic mass is 16.5. The highest BCUT2D eigenvalue weighted by molar-refractivity contribution is 5.92. The molecule has 5 aromatic carbocycles. The minimum absolute atomic E-state index is 0.143. The van der Waals surface area contributed by atoms with E-state index in [0.29, 0.717) is 53.6 Å². The van der Waals surface area contributed by atoms with Gasteiger partial charge in [0, 0.05) is 0 Å². The molecule has 8 heteroatoms. The Morgan fingerprint density at radius 1 is 0.554 bits per heavy atom. The van der Waals surface area contributed by atoms with Gasteiger partial charge in [0.2, 0.25) is 0 Å². The molecule has 0 amide bonds. The van der Waals surface area contributed by atoms with Crippen molar-refractivity contribution in [3.05, 3.63) is 153 Å². The van der Waals surface area contributed by atoms with E-state index in [0.717, 1.165) is 24.0 Å². The molecular formula is C48H58O8. The number of carbonyl (C=O) groups is 2. The maximum Gasteiger partial charge on any atom is 0.339 e. The van der Waals surface area contributed by atoms with Crippen molar-refractivity contribution >= 4 is 11.9 Å². The van der Waals surface area contributed by atoms with Gasteiger partial charge < -0.3 is 29.9 Å². The van der Waals surface area contributed by atoms with Gasteiger partial charge in [0.25, 0.3) is 0 Å². The number of phenols is 2. The molecule has 0 saturated heterocycles. The molecule has 0 saturated carbocycles. The largest absolute Gasteiger partial charge is 0.507 e. The van der Waals surface area contributed by atoms with Gasteiger partial charge in [-0.25, -0.2) is 9.59 Å². The minimum Gasteiger partial charge on any atom is -0.507 e.